The van der Waals surface area contributed by atoms with Gasteiger partial charge in [-0.2, -0.15) is 0 Å². The molecule has 1 aromatic rings. The number of carboxylic acid groups (broad SMARTS) is 1. The van der Waals surface area contributed by atoms with Gasteiger partial charge in [-0.15, -0.1) is 0 Å². The summed E-state index contributed by atoms with van der Waals surface area (Å²) in [5.41, 5.74) is 2.78. The van der Waals surface area contributed by atoms with Crippen molar-refractivity contribution in [3.05, 3.63) is 35.4 Å². The molecule has 3 nitrogen and oxygen atoms in total. The van der Waals surface area contributed by atoms with Crippen LogP contribution >= 0.6 is 0 Å². The Kier molecular flexibility index (Phi) is 4.06. The standard InChI is InChI=1S/C17H23NO2/c19-17(20)16-8-2-1-5-11-18(16)12-14-6-3-4-7-15(14)13-9-10-13/h3-4,6-7,13,16H,1-2,5,8-12H2,(H,19,20). The molecule has 1 aliphatic carbocycles. The second-order valence-electron chi connectivity index (χ2n) is 6.15. The Hall–Kier alpha value is -1.35. The van der Waals surface area contributed by atoms with Gasteiger partial charge in [-0.3, -0.25) is 9.69 Å². The second-order valence-corrected chi connectivity index (χ2v) is 6.15. The Morgan fingerprint density at radius 1 is 1.15 bits per heavy atom. The van der Waals surface area contributed by atoms with E-state index in [9.17, 15) is 9.90 Å². The number of carboxylic acids is 1. The van der Waals surface area contributed by atoms with Gasteiger partial charge in [0.05, 0.1) is 0 Å². The molecule has 3 rings (SSSR count). The minimum Gasteiger partial charge on any atom is -0.480 e. The SMILES string of the molecule is O=C(O)C1CCCCCN1Cc1ccccc1C1CC1. The van der Waals surface area contributed by atoms with Gasteiger partial charge < -0.3 is 5.11 Å². The molecule has 1 aliphatic heterocycles. The monoisotopic (exact) mass is 273 g/mol. The van der Waals surface area contributed by atoms with E-state index in [1.807, 2.05) is 0 Å². The van der Waals surface area contributed by atoms with Crippen LogP contribution in [-0.2, 0) is 11.3 Å². The number of rotatable bonds is 4. The van der Waals surface area contributed by atoms with Crippen LogP contribution in [0.3, 0.4) is 0 Å². The van der Waals surface area contributed by atoms with Crippen molar-refractivity contribution in [1.29, 1.82) is 0 Å². The summed E-state index contributed by atoms with van der Waals surface area (Å²) in [6.45, 7) is 1.71. The van der Waals surface area contributed by atoms with Crippen molar-refractivity contribution in [3.8, 4) is 0 Å². The number of hydrogen-bond donors (Lipinski definition) is 1. The van der Waals surface area contributed by atoms with Gasteiger partial charge >= 0.3 is 5.97 Å². The van der Waals surface area contributed by atoms with Crippen molar-refractivity contribution in [3.63, 3.8) is 0 Å². The lowest BCUT2D eigenvalue weighted by Crippen LogP contribution is -2.40. The highest BCUT2D eigenvalue weighted by Gasteiger charge is 2.30. The molecule has 0 aromatic heterocycles. The first-order chi connectivity index (χ1) is 9.75. The number of likely N-dealkylation sites (tertiary alicyclic amines) is 1. The Labute approximate surface area is 120 Å². The summed E-state index contributed by atoms with van der Waals surface area (Å²) in [7, 11) is 0. The maximum absolute atomic E-state index is 11.5. The Morgan fingerprint density at radius 3 is 2.70 bits per heavy atom. The lowest BCUT2D eigenvalue weighted by atomic mass is 10.0. The minimum atomic E-state index is -0.657. The predicted molar refractivity (Wildman–Crippen MR) is 78.7 cm³/mol. The molecule has 1 unspecified atom stereocenters. The molecule has 1 heterocycles. The van der Waals surface area contributed by atoms with Crippen LogP contribution in [0.2, 0.25) is 0 Å². The maximum atomic E-state index is 11.5. The van der Waals surface area contributed by atoms with Crippen molar-refractivity contribution in [2.24, 2.45) is 0 Å². The van der Waals surface area contributed by atoms with Crippen molar-refractivity contribution in [1.82, 2.24) is 4.90 Å². The van der Waals surface area contributed by atoms with E-state index in [0.29, 0.717) is 0 Å². The molecule has 0 radical (unpaired) electrons. The van der Waals surface area contributed by atoms with Crippen LogP contribution < -0.4 is 0 Å². The number of benzene rings is 1. The number of carbonyl (C=O) groups is 1. The molecule has 1 atom stereocenters. The van der Waals surface area contributed by atoms with Crippen LogP contribution in [0.15, 0.2) is 24.3 Å². The third-order valence-corrected chi connectivity index (χ3v) is 4.59. The van der Waals surface area contributed by atoms with Gasteiger partial charge in [0.2, 0.25) is 0 Å². The van der Waals surface area contributed by atoms with Crippen LogP contribution in [0.1, 0.15) is 55.6 Å². The summed E-state index contributed by atoms with van der Waals surface area (Å²) in [5, 5.41) is 9.46. The van der Waals surface area contributed by atoms with Crippen LogP contribution in [0.4, 0.5) is 0 Å². The quantitative estimate of drug-likeness (QED) is 0.914. The van der Waals surface area contributed by atoms with Gasteiger partial charge in [0.15, 0.2) is 0 Å². The normalized spacial score (nSPS) is 24.3. The molecule has 108 valence electrons. The predicted octanol–water partition coefficient (Wildman–Crippen LogP) is 3.39. The maximum Gasteiger partial charge on any atom is 0.320 e. The highest BCUT2D eigenvalue weighted by Crippen LogP contribution is 2.42. The summed E-state index contributed by atoms with van der Waals surface area (Å²) < 4.78 is 0. The van der Waals surface area contributed by atoms with E-state index in [0.717, 1.165) is 44.7 Å². The van der Waals surface area contributed by atoms with E-state index in [2.05, 4.69) is 29.2 Å². The molecule has 20 heavy (non-hydrogen) atoms. The summed E-state index contributed by atoms with van der Waals surface area (Å²) >= 11 is 0. The third-order valence-electron chi connectivity index (χ3n) is 4.59. The van der Waals surface area contributed by atoms with E-state index in [4.69, 9.17) is 0 Å². The smallest absolute Gasteiger partial charge is 0.320 e. The highest BCUT2D eigenvalue weighted by molar-refractivity contribution is 5.73. The van der Waals surface area contributed by atoms with Gasteiger partial charge in [-0.25, -0.2) is 0 Å². The minimum absolute atomic E-state index is 0.301. The van der Waals surface area contributed by atoms with Crippen molar-refractivity contribution in [2.75, 3.05) is 6.54 Å². The molecular weight excluding hydrogens is 250 g/mol. The van der Waals surface area contributed by atoms with Crippen LogP contribution in [0.5, 0.6) is 0 Å². The third kappa shape index (κ3) is 3.04. The number of nitrogens with zero attached hydrogens (tertiary/aromatic N) is 1. The van der Waals surface area contributed by atoms with E-state index < -0.39 is 5.97 Å². The molecular formula is C17H23NO2. The van der Waals surface area contributed by atoms with Crippen LogP contribution in [0.25, 0.3) is 0 Å². The number of aliphatic carboxylic acids is 1. The summed E-state index contributed by atoms with van der Waals surface area (Å²) in [5.74, 6) is 0.0669. The summed E-state index contributed by atoms with van der Waals surface area (Å²) in [4.78, 5) is 13.7. The average molecular weight is 273 g/mol. The van der Waals surface area contributed by atoms with E-state index in [1.54, 1.807) is 0 Å². The molecule has 1 N–H and O–H groups in total. The highest BCUT2D eigenvalue weighted by atomic mass is 16.4. The van der Waals surface area contributed by atoms with Crippen molar-refractivity contribution < 1.29 is 9.90 Å². The molecule has 0 bridgehead atoms. The summed E-state index contributed by atoms with van der Waals surface area (Å²) in [6, 6.07) is 8.28. The molecule has 1 aromatic carbocycles. The Morgan fingerprint density at radius 2 is 1.95 bits per heavy atom. The zero-order chi connectivity index (χ0) is 13.9. The fourth-order valence-electron chi connectivity index (χ4n) is 3.33. The second kappa shape index (κ2) is 5.96. The van der Waals surface area contributed by atoms with E-state index in [-0.39, 0.29) is 6.04 Å². The van der Waals surface area contributed by atoms with Crippen molar-refractivity contribution >= 4 is 5.97 Å². The first kappa shape index (κ1) is 13.6. The largest absolute Gasteiger partial charge is 0.480 e. The Balaban J connectivity index is 1.79. The lowest BCUT2D eigenvalue weighted by molar-refractivity contribution is -0.143. The molecule has 0 spiro atoms. The zero-order valence-corrected chi connectivity index (χ0v) is 11.9. The summed E-state index contributed by atoms with van der Waals surface area (Å²) in [6.07, 6.45) is 6.69. The topological polar surface area (TPSA) is 40.5 Å². The van der Waals surface area contributed by atoms with E-state index in [1.165, 1.54) is 24.0 Å². The molecule has 2 aliphatic rings. The molecule has 2 fully saturated rings. The number of hydrogen-bond acceptors (Lipinski definition) is 2. The zero-order valence-electron chi connectivity index (χ0n) is 11.9. The van der Waals surface area contributed by atoms with Crippen LogP contribution in [-0.4, -0.2) is 28.6 Å². The Bertz CT molecular complexity index is 482. The van der Waals surface area contributed by atoms with Crippen molar-refractivity contribution in [2.45, 2.75) is 57.0 Å². The fourth-order valence-corrected chi connectivity index (χ4v) is 3.33. The van der Waals surface area contributed by atoms with Gasteiger partial charge in [0.25, 0.3) is 0 Å². The fraction of sp³-hybridized carbons (Fsp3) is 0.588. The van der Waals surface area contributed by atoms with E-state index >= 15 is 0 Å². The molecule has 1 saturated heterocycles. The van der Waals surface area contributed by atoms with Gasteiger partial charge in [-0.05, 0) is 49.3 Å². The first-order valence-electron chi connectivity index (χ1n) is 7.80. The molecule has 3 heteroatoms. The van der Waals surface area contributed by atoms with Gasteiger partial charge in [0, 0.05) is 6.54 Å². The lowest BCUT2D eigenvalue weighted by Gasteiger charge is -2.27. The average Bonchev–Trinajstić information content (AvgIpc) is 3.26. The first-order valence-corrected chi connectivity index (χ1v) is 7.80. The van der Waals surface area contributed by atoms with Gasteiger partial charge in [-0.1, -0.05) is 37.1 Å². The molecule has 0 amide bonds. The van der Waals surface area contributed by atoms with Crippen LogP contribution in [0, 0.1) is 0 Å². The van der Waals surface area contributed by atoms with Gasteiger partial charge in [0.1, 0.15) is 6.04 Å². The molecule has 1 saturated carbocycles.